The number of aryl methyl sites for hydroxylation is 1. The molecule has 2 amide bonds. The van der Waals surface area contributed by atoms with Crippen molar-refractivity contribution in [1.29, 1.82) is 0 Å². The number of nitrogens with zero attached hydrogens (tertiary/aromatic N) is 1. The first-order valence-corrected chi connectivity index (χ1v) is 11.3. The molecule has 0 saturated carbocycles. The van der Waals surface area contributed by atoms with E-state index in [0.29, 0.717) is 11.3 Å². The Hall–Kier alpha value is -3.84. The fourth-order valence-corrected chi connectivity index (χ4v) is 4.14. The van der Waals surface area contributed by atoms with Gasteiger partial charge in [0, 0.05) is 22.2 Å². The van der Waals surface area contributed by atoms with Gasteiger partial charge < -0.3 is 10.6 Å². The van der Waals surface area contributed by atoms with Gasteiger partial charge in [0.05, 0.1) is 17.3 Å². The first-order valence-electron chi connectivity index (χ1n) is 10.4. The molecule has 0 aliphatic heterocycles. The van der Waals surface area contributed by atoms with Crippen LogP contribution >= 0.6 is 11.3 Å². The number of halogens is 1. The number of aromatic nitrogens is 1. The minimum Gasteiger partial charge on any atom is -0.343 e. The fraction of sp³-hybridized carbons (Fsp3) is 0.115. The topological polar surface area (TPSA) is 71.1 Å². The second-order valence-electron chi connectivity index (χ2n) is 7.60. The largest absolute Gasteiger partial charge is 0.343 e. The van der Waals surface area contributed by atoms with Crippen molar-refractivity contribution in [3.63, 3.8) is 0 Å². The third-order valence-corrected chi connectivity index (χ3v) is 6.20. The van der Waals surface area contributed by atoms with Crippen LogP contribution in [0.25, 0.3) is 11.3 Å². The molecule has 0 aliphatic carbocycles. The molecular weight excluding hydrogens is 437 g/mol. The number of thiazole rings is 1. The second kappa shape index (κ2) is 9.75. The van der Waals surface area contributed by atoms with Crippen molar-refractivity contribution >= 4 is 28.8 Å². The number of anilines is 1. The van der Waals surface area contributed by atoms with Crippen molar-refractivity contribution in [3.05, 3.63) is 106 Å². The molecular formula is C26H22FN3O2S. The van der Waals surface area contributed by atoms with Crippen LogP contribution in [-0.4, -0.2) is 16.8 Å². The molecule has 0 bridgehead atoms. The molecule has 0 spiro atoms. The Balaban J connectivity index is 1.47. The van der Waals surface area contributed by atoms with Gasteiger partial charge in [-0.1, -0.05) is 48.5 Å². The molecule has 5 nitrogen and oxygen atoms in total. The molecule has 4 aromatic rings. The fourth-order valence-electron chi connectivity index (χ4n) is 3.30. The van der Waals surface area contributed by atoms with E-state index in [0.717, 1.165) is 21.8 Å². The van der Waals surface area contributed by atoms with E-state index < -0.39 is 11.7 Å². The lowest BCUT2D eigenvalue weighted by atomic mass is 10.1. The molecule has 1 atom stereocenters. The average molecular weight is 460 g/mol. The smallest absolute Gasteiger partial charge is 0.258 e. The van der Waals surface area contributed by atoms with Crippen LogP contribution in [0, 0.1) is 12.7 Å². The number of benzene rings is 3. The van der Waals surface area contributed by atoms with Crippen molar-refractivity contribution < 1.29 is 14.0 Å². The Morgan fingerprint density at radius 3 is 2.45 bits per heavy atom. The van der Waals surface area contributed by atoms with Crippen molar-refractivity contribution in [1.82, 2.24) is 10.3 Å². The standard InChI is InChI=1S/C26H22FN3O2S/c1-16-12-13-19(14-22(16)29-25(32)20-10-6-7-11-21(20)27)24(31)28-17(2)26-30-23(15-33-26)18-8-4-3-5-9-18/h3-15,17H,1-2H3,(H,28,31)(H,29,32). The summed E-state index contributed by atoms with van der Waals surface area (Å²) in [7, 11) is 0. The Kier molecular flexibility index (Phi) is 6.60. The summed E-state index contributed by atoms with van der Waals surface area (Å²) in [5.74, 6) is -1.47. The van der Waals surface area contributed by atoms with Crippen LogP contribution in [0.1, 0.15) is 44.3 Å². The second-order valence-corrected chi connectivity index (χ2v) is 8.49. The number of amides is 2. The minimum absolute atomic E-state index is 0.0571. The van der Waals surface area contributed by atoms with Crippen molar-refractivity contribution in [2.45, 2.75) is 19.9 Å². The lowest BCUT2D eigenvalue weighted by Gasteiger charge is -2.14. The summed E-state index contributed by atoms with van der Waals surface area (Å²) in [6, 6.07) is 20.3. The SMILES string of the molecule is Cc1ccc(C(=O)NC(C)c2nc(-c3ccccc3)cs2)cc1NC(=O)c1ccccc1F. The van der Waals surface area contributed by atoms with Crippen LogP contribution < -0.4 is 10.6 Å². The molecule has 1 heterocycles. The van der Waals surface area contributed by atoms with Gasteiger partial charge in [-0.15, -0.1) is 11.3 Å². The molecule has 33 heavy (non-hydrogen) atoms. The predicted octanol–water partition coefficient (Wildman–Crippen LogP) is 6.00. The molecule has 3 aromatic carbocycles. The molecule has 1 unspecified atom stereocenters. The monoisotopic (exact) mass is 459 g/mol. The Morgan fingerprint density at radius 2 is 1.70 bits per heavy atom. The normalized spacial score (nSPS) is 11.6. The number of rotatable bonds is 6. The van der Waals surface area contributed by atoms with Gasteiger partial charge >= 0.3 is 0 Å². The summed E-state index contributed by atoms with van der Waals surface area (Å²) in [4.78, 5) is 30.0. The molecule has 4 rings (SSSR count). The molecule has 0 radical (unpaired) electrons. The van der Waals surface area contributed by atoms with Gasteiger partial charge in [-0.25, -0.2) is 9.37 Å². The molecule has 166 valence electrons. The highest BCUT2D eigenvalue weighted by molar-refractivity contribution is 7.10. The minimum atomic E-state index is -0.603. The Labute approximate surface area is 195 Å². The Morgan fingerprint density at radius 1 is 0.970 bits per heavy atom. The summed E-state index contributed by atoms with van der Waals surface area (Å²) < 4.78 is 13.9. The highest BCUT2D eigenvalue weighted by Gasteiger charge is 2.17. The zero-order valence-electron chi connectivity index (χ0n) is 18.1. The van der Waals surface area contributed by atoms with Crippen molar-refractivity contribution in [2.75, 3.05) is 5.32 Å². The third kappa shape index (κ3) is 5.15. The van der Waals surface area contributed by atoms with Crippen molar-refractivity contribution in [2.24, 2.45) is 0 Å². The maximum absolute atomic E-state index is 13.9. The van der Waals surface area contributed by atoms with E-state index in [1.54, 1.807) is 24.3 Å². The summed E-state index contributed by atoms with van der Waals surface area (Å²) in [5, 5.41) is 8.42. The summed E-state index contributed by atoms with van der Waals surface area (Å²) in [5.41, 5.74) is 3.42. The van der Waals surface area contributed by atoms with Gasteiger partial charge in [-0.05, 0) is 43.7 Å². The molecule has 2 N–H and O–H groups in total. The Bertz CT molecular complexity index is 1300. The van der Waals surface area contributed by atoms with E-state index in [4.69, 9.17) is 0 Å². The number of hydrogen-bond donors (Lipinski definition) is 2. The third-order valence-electron chi connectivity index (χ3n) is 5.18. The van der Waals surface area contributed by atoms with Gasteiger partial charge in [0.2, 0.25) is 0 Å². The van der Waals surface area contributed by atoms with Crippen LogP contribution in [0.15, 0.2) is 78.2 Å². The van der Waals surface area contributed by atoms with Gasteiger partial charge in [0.1, 0.15) is 10.8 Å². The molecule has 7 heteroatoms. The zero-order valence-corrected chi connectivity index (χ0v) is 18.9. The van der Waals surface area contributed by atoms with Gasteiger partial charge in [0.25, 0.3) is 11.8 Å². The van der Waals surface area contributed by atoms with Crippen LogP contribution in [0.2, 0.25) is 0 Å². The van der Waals surface area contributed by atoms with E-state index >= 15 is 0 Å². The van der Waals surface area contributed by atoms with Crippen LogP contribution in [0.4, 0.5) is 10.1 Å². The van der Waals surface area contributed by atoms with Crippen LogP contribution in [0.5, 0.6) is 0 Å². The van der Waals surface area contributed by atoms with Crippen molar-refractivity contribution in [3.8, 4) is 11.3 Å². The summed E-state index contributed by atoms with van der Waals surface area (Å²) in [6.07, 6.45) is 0. The van der Waals surface area contributed by atoms with E-state index in [-0.39, 0.29) is 17.5 Å². The lowest BCUT2D eigenvalue weighted by molar-refractivity contribution is 0.0938. The van der Waals surface area contributed by atoms with E-state index in [1.807, 2.05) is 49.6 Å². The van der Waals surface area contributed by atoms with E-state index in [9.17, 15) is 14.0 Å². The predicted molar refractivity (Wildman–Crippen MR) is 129 cm³/mol. The first kappa shape index (κ1) is 22.4. The number of nitrogens with one attached hydrogen (secondary N) is 2. The zero-order chi connectivity index (χ0) is 23.4. The molecule has 0 fully saturated rings. The summed E-state index contributed by atoms with van der Waals surface area (Å²) in [6.45, 7) is 3.68. The first-order chi connectivity index (χ1) is 15.9. The van der Waals surface area contributed by atoms with Gasteiger partial charge in [-0.3, -0.25) is 9.59 Å². The summed E-state index contributed by atoms with van der Waals surface area (Å²) >= 11 is 1.48. The number of carbonyl (C=O) groups is 2. The van der Waals surface area contributed by atoms with Gasteiger partial charge in [-0.2, -0.15) is 0 Å². The maximum Gasteiger partial charge on any atom is 0.258 e. The molecule has 0 aliphatic rings. The molecule has 0 saturated heterocycles. The highest BCUT2D eigenvalue weighted by Crippen LogP contribution is 2.26. The number of carbonyl (C=O) groups excluding carboxylic acids is 2. The quantitative estimate of drug-likeness (QED) is 0.371. The maximum atomic E-state index is 13.9. The van der Waals surface area contributed by atoms with Crippen LogP contribution in [0.3, 0.4) is 0 Å². The van der Waals surface area contributed by atoms with Crippen LogP contribution in [-0.2, 0) is 0 Å². The highest BCUT2D eigenvalue weighted by atomic mass is 32.1. The average Bonchev–Trinajstić information content (AvgIpc) is 3.32. The lowest BCUT2D eigenvalue weighted by Crippen LogP contribution is -2.26. The van der Waals surface area contributed by atoms with E-state index in [2.05, 4.69) is 15.6 Å². The molecule has 1 aromatic heterocycles. The van der Waals surface area contributed by atoms with E-state index in [1.165, 1.54) is 29.5 Å². The number of hydrogen-bond acceptors (Lipinski definition) is 4. The van der Waals surface area contributed by atoms with Gasteiger partial charge in [0.15, 0.2) is 0 Å².